The molecule has 4 rings (SSSR count). The Hall–Kier alpha value is -3.61. The second-order valence-corrected chi connectivity index (χ2v) is 10.0. The topological polar surface area (TPSA) is 122 Å². The number of carbonyl (C=O) groups is 2. The first-order chi connectivity index (χ1) is 18.4. The van der Waals surface area contributed by atoms with Gasteiger partial charge in [0.25, 0.3) is 11.8 Å². The van der Waals surface area contributed by atoms with Crippen LogP contribution in [0.1, 0.15) is 39.3 Å². The molecule has 202 valence electrons. The monoisotopic (exact) mass is 539 g/mol. The van der Waals surface area contributed by atoms with E-state index in [2.05, 4.69) is 30.5 Å². The van der Waals surface area contributed by atoms with Crippen LogP contribution in [-0.4, -0.2) is 85.2 Å². The predicted molar refractivity (Wildman–Crippen MR) is 146 cm³/mol. The number of aromatic nitrogens is 3. The van der Waals surface area contributed by atoms with Crippen molar-refractivity contribution >= 4 is 34.0 Å². The first-order valence-corrected chi connectivity index (χ1v) is 13.3. The molecular weight excluding hydrogens is 506 g/mol. The number of hydrogen-bond acceptors (Lipinski definition) is 10. The van der Waals surface area contributed by atoms with Crippen molar-refractivity contribution in [3.8, 4) is 6.01 Å². The number of amides is 2. The number of thiazole rings is 1. The average Bonchev–Trinajstić information content (AvgIpc) is 3.41. The van der Waals surface area contributed by atoms with E-state index in [9.17, 15) is 9.59 Å². The van der Waals surface area contributed by atoms with Crippen LogP contribution in [0, 0.1) is 0 Å². The number of hydrogen-bond donors (Lipinski definition) is 2. The second kappa shape index (κ2) is 13.3. The van der Waals surface area contributed by atoms with Crippen molar-refractivity contribution in [2.45, 2.75) is 25.5 Å². The van der Waals surface area contributed by atoms with Crippen LogP contribution < -0.4 is 20.3 Å². The van der Waals surface area contributed by atoms with E-state index in [-0.39, 0.29) is 17.9 Å². The number of carbonyl (C=O) groups excluding carboxylic acids is 2. The molecule has 0 saturated carbocycles. The largest absolute Gasteiger partial charge is 0.460 e. The van der Waals surface area contributed by atoms with Gasteiger partial charge in [0, 0.05) is 63.9 Å². The molecule has 38 heavy (non-hydrogen) atoms. The Morgan fingerprint density at radius 1 is 1.16 bits per heavy atom. The van der Waals surface area contributed by atoms with E-state index < -0.39 is 0 Å². The summed E-state index contributed by atoms with van der Waals surface area (Å²) in [6.07, 6.45) is 4.98. The van der Waals surface area contributed by atoms with Crippen LogP contribution in [0.5, 0.6) is 6.01 Å². The Bertz CT molecular complexity index is 1210. The number of nitrogens with one attached hydrogen (secondary N) is 2. The Balaban J connectivity index is 1.39. The maximum Gasteiger partial charge on any atom is 0.316 e. The van der Waals surface area contributed by atoms with Crippen LogP contribution in [0.4, 0.5) is 10.8 Å². The number of methoxy groups -OCH3 is 1. The van der Waals surface area contributed by atoms with Gasteiger partial charge in [-0.2, -0.15) is 0 Å². The maximum absolute atomic E-state index is 13.1. The van der Waals surface area contributed by atoms with Crippen molar-refractivity contribution in [1.29, 1.82) is 0 Å². The molecule has 11 nitrogen and oxygen atoms in total. The SMILES string of the molecule is COCCNC(=O)c1cc(CN(C)C)ccc1NC(=O)c1csc(N2CCC(Oc3ncccn3)CC2)n1. The zero-order chi connectivity index (χ0) is 26.9. The molecule has 2 amide bonds. The summed E-state index contributed by atoms with van der Waals surface area (Å²) in [5.74, 6) is -0.638. The van der Waals surface area contributed by atoms with Crippen molar-refractivity contribution in [2.75, 3.05) is 57.7 Å². The molecule has 0 spiro atoms. The molecule has 1 saturated heterocycles. The normalized spacial score (nSPS) is 13.9. The third-order valence-corrected chi connectivity index (χ3v) is 6.82. The van der Waals surface area contributed by atoms with Gasteiger partial charge in [0.1, 0.15) is 11.8 Å². The first-order valence-electron chi connectivity index (χ1n) is 12.4. The average molecular weight is 540 g/mol. The third-order valence-electron chi connectivity index (χ3n) is 5.92. The number of ether oxygens (including phenoxy) is 2. The van der Waals surface area contributed by atoms with E-state index in [1.165, 1.54) is 11.3 Å². The minimum Gasteiger partial charge on any atom is -0.460 e. The Morgan fingerprint density at radius 2 is 1.92 bits per heavy atom. The fraction of sp³-hybridized carbons (Fsp3) is 0.423. The molecule has 12 heteroatoms. The fourth-order valence-corrected chi connectivity index (χ4v) is 4.93. The van der Waals surface area contributed by atoms with Gasteiger partial charge in [-0.05, 0) is 37.9 Å². The molecule has 1 aliphatic heterocycles. The summed E-state index contributed by atoms with van der Waals surface area (Å²) in [5, 5.41) is 8.23. The second-order valence-electron chi connectivity index (χ2n) is 9.17. The van der Waals surface area contributed by atoms with Crippen molar-refractivity contribution in [1.82, 2.24) is 25.2 Å². The highest BCUT2D eigenvalue weighted by atomic mass is 32.1. The van der Waals surface area contributed by atoms with E-state index >= 15 is 0 Å². The first kappa shape index (κ1) is 27.4. The molecule has 2 aromatic heterocycles. The summed E-state index contributed by atoms with van der Waals surface area (Å²) in [6, 6.07) is 7.61. The molecular formula is C26H33N7O4S. The van der Waals surface area contributed by atoms with E-state index in [1.807, 2.05) is 25.1 Å². The van der Waals surface area contributed by atoms with Gasteiger partial charge < -0.3 is 29.9 Å². The van der Waals surface area contributed by atoms with Crippen molar-refractivity contribution in [3.05, 3.63) is 58.9 Å². The van der Waals surface area contributed by atoms with E-state index in [1.54, 1.807) is 43.1 Å². The van der Waals surface area contributed by atoms with Crippen molar-refractivity contribution in [3.63, 3.8) is 0 Å². The molecule has 1 fully saturated rings. The van der Waals surface area contributed by atoms with Crippen molar-refractivity contribution in [2.24, 2.45) is 0 Å². The summed E-state index contributed by atoms with van der Waals surface area (Å²) in [6.45, 7) is 2.95. The molecule has 0 aliphatic carbocycles. The zero-order valence-electron chi connectivity index (χ0n) is 21.8. The molecule has 3 heterocycles. The summed E-state index contributed by atoms with van der Waals surface area (Å²) >= 11 is 1.42. The third kappa shape index (κ3) is 7.46. The lowest BCUT2D eigenvalue weighted by Gasteiger charge is -2.31. The highest BCUT2D eigenvalue weighted by molar-refractivity contribution is 7.14. The van der Waals surface area contributed by atoms with Crippen LogP contribution in [0.15, 0.2) is 42.0 Å². The predicted octanol–water partition coefficient (Wildman–Crippen LogP) is 2.67. The molecule has 0 radical (unpaired) electrons. The molecule has 0 bridgehead atoms. The van der Waals surface area contributed by atoms with E-state index in [0.29, 0.717) is 42.7 Å². The number of rotatable bonds is 11. The summed E-state index contributed by atoms with van der Waals surface area (Å²) in [4.78, 5) is 43.0. The fourth-order valence-electron chi connectivity index (χ4n) is 4.07. The van der Waals surface area contributed by atoms with Gasteiger partial charge in [-0.3, -0.25) is 9.59 Å². The highest BCUT2D eigenvalue weighted by Crippen LogP contribution is 2.26. The van der Waals surface area contributed by atoms with Crippen LogP contribution in [0.25, 0.3) is 0 Å². The lowest BCUT2D eigenvalue weighted by atomic mass is 10.1. The highest BCUT2D eigenvalue weighted by Gasteiger charge is 2.24. The molecule has 2 N–H and O–H groups in total. The minimum atomic E-state index is -0.363. The van der Waals surface area contributed by atoms with E-state index in [0.717, 1.165) is 36.6 Å². The summed E-state index contributed by atoms with van der Waals surface area (Å²) < 4.78 is 10.9. The number of benzene rings is 1. The lowest BCUT2D eigenvalue weighted by molar-refractivity contribution is 0.0937. The van der Waals surface area contributed by atoms with Crippen LogP contribution >= 0.6 is 11.3 Å². The number of anilines is 2. The van der Waals surface area contributed by atoms with Gasteiger partial charge in [-0.15, -0.1) is 11.3 Å². The molecule has 1 aromatic carbocycles. The molecule has 1 aliphatic rings. The Labute approximate surface area is 226 Å². The van der Waals surface area contributed by atoms with Crippen LogP contribution in [0.3, 0.4) is 0 Å². The smallest absolute Gasteiger partial charge is 0.316 e. The zero-order valence-corrected chi connectivity index (χ0v) is 22.7. The van der Waals surface area contributed by atoms with Gasteiger partial charge in [0.15, 0.2) is 5.13 Å². The molecule has 0 unspecified atom stereocenters. The molecule has 3 aromatic rings. The summed E-state index contributed by atoms with van der Waals surface area (Å²) in [5.41, 5.74) is 2.10. The minimum absolute atomic E-state index is 0.0419. The number of nitrogens with zero attached hydrogens (tertiary/aromatic N) is 5. The van der Waals surface area contributed by atoms with Gasteiger partial charge >= 0.3 is 6.01 Å². The van der Waals surface area contributed by atoms with Crippen LogP contribution in [0.2, 0.25) is 0 Å². The Kier molecular flexibility index (Phi) is 9.57. The van der Waals surface area contributed by atoms with Gasteiger partial charge in [0.05, 0.1) is 17.9 Å². The number of piperidine rings is 1. The van der Waals surface area contributed by atoms with Gasteiger partial charge in [-0.1, -0.05) is 6.07 Å². The standard InChI is InChI=1S/C26H33N7O4S/c1-32(2)16-18-5-6-21(20(15-18)23(34)27-11-14-36-3)30-24(35)22-17-38-26(31-22)33-12-7-19(8-13-33)37-25-28-9-4-10-29-25/h4-6,9-10,15,17,19H,7-8,11-14,16H2,1-3H3,(H,27,34)(H,30,35). The van der Waals surface area contributed by atoms with Crippen molar-refractivity contribution < 1.29 is 19.1 Å². The van der Waals surface area contributed by atoms with Crippen LogP contribution in [-0.2, 0) is 11.3 Å². The summed E-state index contributed by atoms with van der Waals surface area (Å²) in [7, 11) is 5.50. The Morgan fingerprint density at radius 3 is 2.63 bits per heavy atom. The quantitative estimate of drug-likeness (QED) is 0.354. The van der Waals surface area contributed by atoms with Gasteiger partial charge in [-0.25, -0.2) is 15.0 Å². The molecule has 0 atom stereocenters. The van der Waals surface area contributed by atoms with Gasteiger partial charge in [0.2, 0.25) is 0 Å². The van der Waals surface area contributed by atoms with E-state index in [4.69, 9.17) is 9.47 Å². The lowest BCUT2D eigenvalue weighted by Crippen LogP contribution is -2.38. The maximum atomic E-state index is 13.1.